The Balaban J connectivity index is 1.96. The predicted octanol–water partition coefficient (Wildman–Crippen LogP) is 3.25. The third-order valence-electron chi connectivity index (χ3n) is 3.96. The fourth-order valence-corrected chi connectivity index (χ4v) is 4.03. The molecule has 1 fully saturated rings. The largest absolute Gasteiger partial charge is 0.396 e. The summed E-state index contributed by atoms with van der Waals surface area (Å²) in [6.45, 7) is 0.308. The fraction of sp³-hybridized carbons (Fsp3) is 0.538. The smallest absolute Gasteiger partial charge is 0.155 e. The molecule has 3 rings (SSSR count). The van der Waals surface area contributed by atoms with Crippen molar-refractivity contribution in [2.24, 2.45) is 5.92 Å². The molecule has 0 radical (unpaired) electrons. The van der Waals surface area contributed by atoms with Crippen molar-refractivity contribution < 1.29 is 5.11 Å². The Labute approximate surface area is 130 Å². The molecule has 1 aliphatic rings. The number of halogens is 2. The molecule has 0 spiro atoms. The Bertz CT molecular complexity index is 593. The van der Waals surface area contributed by atoms with Crippen LogP contribution in [0.4, 0.5) is 0 Å². The second-order valence-electron chi connectivity index (χ2n) is 5.10. The van der Waals surface area contributed by atoms with E-state index >= 15 is 0 Å². The van der Waals surface area contributed by atoms with Gasteiger partial charge in [0.15, 0.2) is 5.15 Å². The van der Waals surface area contributed by atoms with Crippen LogP contribution in [-0.2, 0) is 0 Å². The Morgan fingerprint density at radius 1 is 1.37 bits per heavy atom. The van der Waals surface area contributed by atoms with Crippen LogP contribution >= 0.6 is 34.2 Å². The quantitative estimate of drug-likeness (QED) is 0.800. The molecule has 0 bridgehead atoms. The molecule has 0 amide bonds. The second kappa shape index (κ2) is 5.54. The molecule has 19 heavy (non-hydrogen) atoms. The lowest BCUT2D eigenvalue weighted by molar-refractivity contribution is 0.181. The van der Waals surface area contributed by atoms with Crippen LogP contribution in [0.3, 0.4) is 0 Å². The van der Waals surface area contributed by atoms with E-state index < -0.39 is 0 Å². The first-order valence-corrected chi connectivity index (χ1v) is 7.95. The van der Waals surface area contributed by atoms with E-state index in [-0.39, 0.29) is 0 Å². The summed E-state index contributed by atoms with van der Waals surface area (Å²) in [6, 6.07) is 0. The van der Waals surface area contributed by atoms with Crippen molar-refractivity contribution in [3.8, 4) is 0 Å². The van der Waals surface area contributed by atoms with Gasteiger partial charge in [0.2, 0.25) is 0 Å². The van der Waals surface area contributed by atoms with Crippen molar-refractivity contribution in [3.63, 3.8) is 0 Å². The van der Waals surface area contributed by atoms with Crippen LogP contribution in [-0.4, -0.2) is 26.1 Å². The fourth-order valence-electron chi connectivity index (χ4n) is 2.87. The van der Waals surface area contributed by atoms with Crippen LogP contribution in [0.1, 0.15) is 37.4 Å². The number of hydrogen-bond donors (Lipinski definition) is 1. The first-order chi connectivity index (χ1) is 9.20. The molecule has 102 valence electrons. The van der Waals surface area contributed by atoms with Gasteiger partial charge in [-0.25, -0.2) is 9.97 Å². The summed E-state index contributed by atoms with van der Waals surface area (Å²) in [4.78, 5) is 8.81. The van der Waals surface area contributed by atoms with Gasteiger partial charge in [-0.1, -0.05) is 11.6 Å². The summed E-state index contributed by atoms with van der Waals surface area (Å²) in [6.07, 6.45) is 7.97. The highest BCUT2D eigenvalue weighted by Gasteiger charge is 2.26. The van der Waals surface area contributed by atoms with E-state index in [4.69, 9.17) is 11.6 Å². The minimum absolute atomic E-state index is 0.308. The Kier molecular flexibility index (Phi) is 3.96. The van der Waals surface area contributed by atoms with Crippen molar-refractivity contribution in [1.29, 1.82) is 0 Å². The number of fused-ring (bicyclic) bond motifs is 1. The molecule has 4 nitrogen and oxygen atoms in total. The van der Waals surface area contributed by atoms with Crippen molar-refractivity contribution >= 4 is 39.7 Å². The average Bonchev–Trinajstić information content (AvgIpc) is 2.78. The highest BCUT2D eigenvalue weighted by Crippen LogP contribution is 2.36. The monoisotopic (exact) mass is 391 g/mol. The molecular formula is C13H15ClIN3O. The summed E-state index contributed by atoms with van der Waals surface area (Å²) >= 11 is 8.37. The highest BCUT2D eigenvalue weighted by molar-refractivity contribution is 14.1. The van der Waals surface area contributed by atoms with Crippen molar-refractivity contribution in [1.82, 2.24) is 14.4 Å². The summed E-state index contributed by atoms with van der Waals surface area (Å²) in [7, 11) is 0. The Morgan fingerprint density at radius 3 is 2.79 bits per heavy atom. The van der Waals surface area contributed by atoms with E-state index in [1.165, 1.54) is 0 Å². The van der Waals surface area contributed by atoms with Gasteiger partial charge in [0.1, 0.15) is 15.0 Å². The first-order valence-electron chi connectivity index (χ1n) is 6.49. The van der Waals surface area contributed by atoms with Gasteiger partial charge in [0.25, 0.3) is 0 Å². The van der Waals surface area contributed by atoms with Gasteiger partial charge < -0.3 is 5.11 Å². The SMILES string of the molecule is OC[C@H]1CC[C@H](c2nc(I)c3c(Cl)nccn32)CC1. The van der Waals surface area contributed by atoms with Gasteiger partial charge in [0, 0.05) is 24.9 Å². The second-order valence-corrected chi connectivity index (χ2v) is 6.48. The normalized spacial score (nSPS) is 23.9. The van der Waals surface area contributed by atoms with Crippen LogP contribution in [0.2, 0.25) is 5.15 Å². The maximum Gasteiger partial charge on any atom is 0.155 e. The van der Waals surface area contributed by atoms with Crippen molar-refractivity contribution in [3.05, 3.63) is 27.1 Å². The maximum atomic E-state index is 9.21. The number of aromatic nitrogens is 3. The van der Waals surface area contributed by atoms with E-state index in [0.717, 1.165) is 40.7 Å². The summed E-state index contributed by atoms with van der Waals surface area (Å²) in [5.41, 5.74) is 0.907. The van der Waals surface area contributed by atoms with Crippen molar-refractivity contribution in [2.45, 2.75) is 31.6 Å². The molecular weight excluding hydrogens is 377 g/mol. The maximum absolute atomic E-state index is 9.21. The molecule has 1 aliphatic carbocycles. The number of aliphatic hydroxyl groups excluding tert-OH is 1. The minimum atomic E-state index is 0.308. The van der Waals surface area contributed by atoms with Crippen LogP contribution in [0, 0.1) is 9.62 Å². The number of hydrogen-bond acceptors (Lipinski definition) is 3. The Morgan fingerprint density at radius 2 is 2.11 bits per heavy atom. The van der Waals surface area contributed by atoms with Crippen LogP contribution < -0.4 is 0 Å². The predicted molar refractivity (Wildman–Crippen MR) is 82.5 cm³/mol. The molecule has 2 aromatic heterocycles. The molecule has 0 aliphatic heterocycles. The lowest BCUT2D eigenvalue weighted by atomic mass is 9.82. The molecule has 6 heteroatoms. The van der Waals surface area contributed by atoms with Crippen LogP contribution in [0.15, 0.2) is 12.4 Å². The van der Waals surface area contributed by atoms with E-state index in [9.17, 15) is 5.11 Å². The van der Waals surface area contributed by atoms with E-state index in [1.807, 2.05) is 6.20 Å². The minimum Gasteiger partial charge on any atom is -0.396 e. The van der Waals surface area contributed by atoms with E-state index in [2.05, 4.69) is 37.0 Å². The zero-order valence-corrected chi connectivity index (χ0v) is 13.3. The zero-order valence-electron chi connectivity index (χ0n) is 10.4. The van der Waals surface area contributed by atoms with Gasteiger partial charge in [-0.05, 0) is 54.2 Å². The van der Waals surface area contributed by atoms with Gasteiger partial charge in [-0.2, -0.15) is 0 Å². The van der Waals surface area contributed by atoms with E-state index in [1.54, 1.807) is 6.20 Å². The topological polar surface area (TPSA) is 50.4 Å². The summed E-state index contributed by atoms with van der Waals surface area (Å²) in [5.74, 6) is 2.00. The summed E-state index contributed by atoms with van der Waals surface area (Å²) < 4.78 is 2.98. The molecule has 2 heterocycles. The molecule has 2 aromatic rings. The number of imidazole rings is 1. The van der Waals surface area contributed by atoms with Gasteiger partial charge in [0.05, 0.1) is 0 Å². The molecule has 1 saturated carbocycles. The zero-order chi connectivity index (χ0) is 13.4. The molecule has 0 saturated heterocycles. The lowest BCUT2D eigenvalue weighted by Gasteiger charge is -2.26. The number of rotatable bonds is 2. The number of aliphatic hydroxyl groups is 1. The molecule has 0 unspecified atom stereocenters. The van der Waals surface area contributed by atoms with Gasteiger partial charge in [-0.15, -0.1) is 0 Å². The molecule has 0 aromatic carbocycles. The first kappa shape index (κ1) is 13.6. The molecule has 1 N–H and O–H groups in total. The Hall–Kier alpha value is -0.400. The summed E-state index contributed by atoms with van der Waals surface area (Å²) in [5, 5.41) is 9.72. The van der Waals surface area contributed by atoms with Gasteiger partial charge in [-0.3, -0.25) is 4.40 Å². The molecule has 0 atom stereocenters. The van der Waals surface area contributed by atoms with Crippen LogP contribution in [0.5, 0.6) is 0 Å². The standard InChI is InChI=1S/C13H15ClIN3O/c14-11-10-12(15)17-13(18(10)6-5-16-11)9-3-1-8(7-19)2-4-9/h5-6,8-9,19H,1-4,7H2/t8-,9-. The average molecular weight is 392 g/mol. The van der Waals surface area contributed by atoms with Crippen molar-refractivity contribution in [2.75, 3.05) is 6.61 Å². The highest BCUT2D eigenvalue weighted by atomic mass is 127. The van der Waals surface area contributed by atoms with Gasteiger partial charge >= 0.3 is 0 Å². The third-order valence-corrected chi connectivity index (χ3v) is 4.99. The number of nitrogens with zero attached hydrogens (tertiary/aromatic N) is 3. The van der Waals surface area contributed by atoms with Crippen LogP contribution in [0.25, 0.3) is 5.52 Å². The third kappa shape index (κ3) is 2.48. The van der Waals surface area contributed by atoms with E-state index in [0.29, 0.717) is 23.6 Å². The lowest BCUT2D eigenvalue weighted by Crippen LogP contribution is -2.17.